The molecule has 0 bridgehead atoms. The van der Waals surface area contributed by atoms with Crippen molar-refractivity contribution in [3.8, 4) is 0 Å². The number of carbonyl (C=O) groups is 1. The molecule has 0 spiro atoms. The van der Waals surface area contributed by atoms with Crippen LogP contribution in [0.25, 0.3) is 0 Å². The molecule has 0 aliphatic carbocycles. The lowest BCUT2D eigenvalue weighted by atomic mass is 10.2. The Hall–Kier alpha value is -1.06. The molecule has 0 aromatic rings. The Morgan fingerprint density at radius 3 is 2.43 bits per heavy atom. The first-order chi connectivity index (χ1) is 6.68. The quantitative estimate of drug-likeness (QED) is 0.440. The third-order valence-electron chi connectivity index (χ3n) is 1.67. The van der Waals surface area contributed by atoms with Gasteiger partial charge < -0.3 is 9.47 Å². The van der Waals surface area contributed by atoms with Gasteiger partial charge in [-0.05, 0) is 19.3 Å². The zero-order valence-corrected chi connectivity index (χ0v) is 8.75. The maximum atomic E-state index is 11.0. The summed E-state index contributed by atoms with van der Waals surface area (Å²) in [5.41, 5.74) is 0. The summed E-state index contributed by atoms with van der Waals surface area (Å²) in [6, 6.07) is 0. The van der Waals surface area contributed by atoms with E-state index in [1.807, 2.05) is 0 Å². The number of carbonyl (C=O) groups excluding carboxylic acids is 2. The Kier molecular flexibility index (Phi) is 7.89. The molecule has 0 heterocycles. The molecule has 0 N–H and O–H groups in total. The van der Waals surface area contributed by atoms with E-state index in [1.165, 1.54) is 6.47 Å². The fourth-order valence-electron chi connectivity index (χ4n) is 0.834. The van der Waals surface area contributed by atoms with Crippen molar-refractivity contribution < 1.29 is 19.1 Å². The van der Waals surface area contributed by atoms with Crippen LogP contribution in [0.1, 0.15) is 33.1 Å². The zero-order valence-electron chi connectivity index (χ0n) is 8.75. The summed E-state index contributed by atoms with van der Waals surface area (Å²) in [5, 5.41) is 0. The van der Waals surface area contributed by atoms with E-state index in [4.69, 9.17) is 4.74 Å². The molecular formula is C10H17O4. The summed E-state index contributed by atoms with van der Waals surface area (Å²) in [5.74, 6) is -0.231. The van der Waals surface area contributed by atoms with Gasteiger partial charge in [-0.1, -0.05) is 13.8 Å². The van der Waals surface area contributed by atoms with Gasteiger partial charge in [0.1, 0.15) is 0 Å². The Morgan fingerprint density at radius 1 is 1.21 bits per heavy atom. The summed E-state index contributed by atoms with van der Waals surface area (Å²) in [6.45, 7) is 5.80. The molecule has 0 aliphatic rings. The highest BCUT2D eigenvalue weighted by Gasteiger charge is 2.06. The lowest BCUT2D eigenvalue weighted by Crippen LogP contribution is -2.12. The van der Waals surface area contributed by atoms with Gasteiger partial charge in [0.15, 0.2) is 0 Å². The van der Waals surface area contributed by atoms with E-state index in [-0.39, 0.29) is 11.9 Å². The first-order valence-corrected chi connectivity index (χ1v) is 4.84. The number of hydrogen-bond donors (Lipinski definition) is 0. The number of ether oxygens (including phenoxy) is 2. The molecule has 0 aromatic carbocycles. The molecular weight excluding hydrogens is 184 g/mol. The second-order valence-electron chi connectivity index (χ2n) is 3.31. The molecule has 4 heteroatoms. The molecule has 1 radical (unpaired) electrons. The van der Waals surface area contributed by atoms with E-state index < -0.39 is 0 Å². The first-order valence-electron chi connectivity index (χ1n) is 4.84. The first kappa shape index (κ1) is 12.9. The summed E-state index contributed by atoms with van der Waals surface area (Å²) in [4.78, 5) is 20.6. The molecule has 0 amide bonds. The lowest BCUT2D eigenvalue weighted by molar-refractivity contribution is -0.147. The van der Waals surface area contributed by atoms with Gasteiger partial charge in [0.05, 0.1) is 19.1 Å². The van der Waals surface area contributed by atoms with Gasteiger partial charge in [-0.2, -0.15) is 0 Å². The summed E-state index contributed by atoms with van der Waals surface area (Å²) < 4.78 is 9.34. The van der Waals surface area contributed by atoms with Crippen molar-refractivity contribution in [2.24, 2.45) is 5.92 Å². The van der Waals surface area contributed by atoms with Crippen molar-refractivity contribution >= 4 is 12.4 Å². The van der Waals surface area contributed by atoms with Gasteiger partial charge >= 0.3 is 12.4 Å². The molecule has 0 saturated carbocycles. The normalized spacial score (nSPS) is 9.93. The van der Waals surface area contributed by atoms with Crippen molar-refractivity contribution in [3.05, 3.63) is 0 Å². The van der Waals surface area contributed by atoms with Crippen molar-refractivity contribution in [1.82, 2.24) is 0 Å². The highest BCUT2D eigenvalue weighted by molar-refractivity contribution is 5.71. The van der Waals surface area contributed by atoms with Gasteiger partial charge in [0.25, 0.3) is 0 Å². The number of rotatable bonds is 8. The molecule has 14 heavy (non-hydrogen) atoms. The fraction of sp³-hybridized carbons (Fsp3) is 0.800. The molecule has 0 fully saturated rings. The van der Waals surface area contributed by atoms with Crippen LogP contribution >= 0.6 is 0 Å². The predicted octanol–water partition coefficient (Wildman–Crippen LogP) is 1.44. The Balaban J connectivity index is 3.13. The van der Waals surface area contributed by atoms with E-state index in [0.717, 1.165) is 19.3 Å². The monoisotopic (exact) mass is 201 g/mol. The fourth-order valence-corrected chi connectivity index (χ4v) is 0.834. The van der Waals surface area contributed by atoms with Crippen LogP contribution in [0, 0.1) is 5.92 Å². The average molecular weight is 201 g/mol. The van der Waals surface area contributed by atoms with Crippen LogP contribution in [-0.4, -0.2) is 25.7 Å². The minimum absolute atomic E-state index is 0.0667. The van der Waals surface area contributed by atoms with Crippen LogP contribution in [0.5, 0.6) is 0 Å². The molecule has 0 aromatic heterocycles. The second-order valence-corrected chi connectivity index (χ2v) is 3.31. The van der Waals surface area contributed by atoms with Crippen molar-refractivity contribution in [1.29, 1.82) is 0 Å². The molecule has 0 aliphatic heterocycles. The number of hydrogen-bond acceptors (Lipinski definition) is 4. The Bertz CT molecular complexity index is 166. The Morgan fingerprint density at radius 2 is 1.86 bits per heavy atom. The summed E-state index contributed by atoms with van der Waals surface area (Å²) in [6.07, 6.45) is 2.47. The van der Waals surface area contributed by atoms with Crippen LogP contribution in [0.4, 0.5) is 0 Å². The molecule has 4 nitrogen and oxygen atoms in total. The highest BCUT2D eigenvalue weighted by Crippen LogP contribution is 2.00. The van der Waals surface area contributed by atoms with Gasteiger partial charge in [-0.25, -0.2) is 4.79 Å². The maximum absolute atomic E-state index is 11.0. The van der Waals surface area contributed by atoms with Crippen LogP contribution in [0.15, 0.2) is 0 Å². The largest absolute Gasteiger partial charge is 0.465 e. The van der Waals surface area contributed by atoms with Crippen molar-refractivity contribution in [2.75, 3.05) is 13.2 Å². The summed E-state index contributed by atoms with van der Waals surface area (Å²) in [7, 11) is 0. The van der Waals surface area contributed by atoms with Gasteiger partial charge in [-0.3, -0.25) is 4.79 Å². The van der Waals surface area contributed by atoms with Crippen LogP contribution in [-0.2, 0) is 19.1 Å². The Labute approximate surface area is 84.6 Å². The van der Waals surface area contributed by atoms with Crippen LogP contribution < -0.4 is 0 Å². The number of esters is 1. The minimum atomic E-state index is -0.164. The third kappa shape index (κ3) is 7.58. The topological polar surface area (TPSA) is 52.6 Å². The van der Waals surface area contributed by atoms with Crippen LogP contribution in [0.2, 0.25) is 0 Å². The molecule has 0 atom stereocenters. The van der Waals surface area contributed by atoms with Crippen molar-refractivity contribution in [3.63, 3.8) is 0 Å². The van der Waals surface area contributed by atoms with E-state index >= 15 is 0 Å². The van der Waals surface area contributed by atoms with Gasteiger partial charge in [0, 0.05) is 0 Å². The summed E-state index contributed by atoms with van der Waals surface area (Å²) >= 11 is 0. The lowest BCUT2D eigenvalue weighted by Gasteiger charge is -2.06. The average Bonchev–Trinajstić information content (AvgIpc) is 2.16. The van der Waals surface area contributed by atoms with Crippen molar-refractivity contribution in [2.45, 2.75) is 33.1 Å². The van der Waals surface area contributed by atoms with Crippen LogP contribution in [0.3, 0.4) is 0 Å². The highest BCUT2D eigenvalue weighted by atomic mass is 16.5. The molecule has 0 unspecified atom stereocenters. The van der Waals surface area contributed by atoms with E-state index in [2.05, 4.69) is 4.74 Å². The van der Waals surface area contributed by atoms with E-state index in [9.17, 15) is 9.59 Å². The van der Waals surface area contributed by atoms with E-state index in [1.54, 1.807) is 13.8 Å². The standard InChI is InChI=1S/C10H17O4/c1-9(2)10(12)14-7-5-3-4-6-13-8-11/h9H,3-7H2,1-2H3. The molecule has 0 saturated heterocycles. The van der Waals surface area contributed by atoms with E-state index in [0.29, 0.717) is 13.2 Å². The molecule has 0 rings (SSSR count). The zero-order chi connectivity index (χ0) is 10.8. The number of unbranched alkanes of at least 4 members (excludes halogenated alkanes) is 2. The minimum Gasteiger partial charge on any atom is -0.465 e. The third-order valence-corrected chi connectivity index (χ3v) is 1.67. The second kappa shape index (κ2) is 8.53. The SMILES string of the molecule is CC(C)C(=O)OCCCCCO[C]=O. The smallest absolute Gasteiger partial charge is 0.417 e. The molecule has 81 valence electrons. The van der Waals surface area contributed by atoms with Gasteiger partial charge in [-0.15, -0.1) is 0 Å². The van der Waals surface area contributed by atoms with Gasteiger partial charge in [0.2, 0.25) is 0 Å². The predicted molar refractivity (Wildman–Crippen MR) is 51.3 cm³/mol. The maximum Gasteiger partial charge on any atom is 0.417 e.